The Hall–Kier alpha value is -0.670. The Labute approximate surface area is 99.8 Å². The molecule has 0 aliphatic rings. The van der Waals surface area contributed by atoms with Gasteiger partial charge < -0.3 is 5.32 Å². The number of hydrogen-bond donors (Lipinski definition) is 1. The molecule has 1 aromatic carbocycles. The summed E-state index contributed by atoms with van der Waals surface area (Å²) in [7, 11) is 0. The van der Waals surface area contributed by atoms with Gasteiger partial charge in [-0.25, -0.2) is 8.78 Å². The van der Waals surface area contributed by atoms with Gasteiger partial charge in [0.1, 0.15) is 0 Å². The molecule has 0 saturated heterocycles. The van der Waals surface area contributed by atoms with Crippen molar-refractivity contribution in [2.24, 2.45) is 0 Å². The Morgan fingerprint density at radius 3 is 2.56 bits per heavy atom. The van der Waals surface area contributed by atoms with Gasteiger partial charge in [0.25, 0.3) is 0 Å². The minimum Gasteiger partial charge on any atom is -0.306 e. The van der Waals surface area contributed by atoms with Crippen molar-refractivity contribution < 1.29 is 8.78 Å². The van der Waals surface area contributed by atoms with Crippen LogP contribution in [0.4, 0.5) is 8.78 Å². The predicted octanol–water partition coefficient (Wildman–Crippen LogP) is 3.46. The number of benzene rings is 1. The summed E-state index contributed by atoms with van der Waals surface area (Å²) in [5.41, 5.74) is -0.0225. The highest BCUT2D eigenvalue weighted by molar-refractivity contribution is 6.21. The molecule has 0 heterocycles. The molecule has 16 heavy (non-hydrogen) atoms. The summed E-state index contributed by atoms with van der Waals surface area (Å²) >= 11 is 5.98. The topological polar surface area (TPSA) is 12.0 Å². The Kier molecular flexibility index (Phi) is 4.28. The highest BCUT2D eigenvalue weighted by Crippen LogP contribution is 2.17. The SMILES string of the molecule is CC(Cl)C(C)(C)NCc1cccc(F)c1F. The number of halogens is 3. The first-order valence-electron chi connectivity index (χ1n) is 5.16. The average molecular weight is 248 g/mol. The zero-order valence-electron chi connectivity index (χ0n) is 9.65. The number of hydrogen-bond acceptors (Lipinski definition) is 1. The first kappa shape index (κ1) is 13.4. The monoisotopic (exact) mass is 247 g/mol. The summed E-state index contributed by atoms with van der Waals surface area (Å²) in [5.74, 6) is -1.62. The number of alkyl halides is 1. The second-order valence-electron chi connectivity index (χ2n) is 4.40. The molecule has 90 valence electrons. The van der Waals surface area contributed by atoms with Gasteiger partial charge in [0, 0.05) is 23.0 Å². The summed E-state index contributed by atoms with van der Waals surface area (Å²) < 4.78 is 26.3. The van der Waals surface area contributed by atoms with Gasteiger partial charge in [-0.3, -0.25) is 0 Å². The maximum atomic E-state index is 13.3. The molecule has 0 radical (unpaired) electrons. The van der Waals surface area contributed by atoms with Gasteiger partial charge in [-0.1, -0.05) is 12.1 Å². The molecular formula is C12H16ClF2N. The van der Waals surface area contributed by atoms with E-state index in [9.17, 15) is 8.78 Å². The van der Waals surface area contributed by atoms with Crippen LogP contribution in [0.2, 0.25) is 0 Å². The van der Waals surface area contributed by atoms with Gasteiger partial charge >= 0.3 is 0 Å². The normalized spacial score (nSPS) is 13.9. The fraction of sp³-hybridized carbons (Fsp3) is 0.500. The smallest absolute Gasteiger partial charge is 0.163 e. The molecule has 4 heteroatoms. The van der Waals surface area contributed by atoms with Crippen LogP contribution in [0.5, 0.6) is 0 Å². The zero-order chi connectivity index (χ0) is 12.3. The zero-order valence-corrected chi connectivity index (χ0v) is 10.4. The lowest BCUT2D eigenvalue weighted by atomic mass is 10.0. The van der Waals surface area contributed by atoms with Gasteiger partial charge in [0.05, 0.1) is 0 Å². The summed E-state index contributed by atoms with van der Waals surface area (Å²) in [6.45, 7) is 5.95. The first-order chi connectivity index (χ1) is 7.34. The molecule has 1 unspecified atom stereocenters. The first-order valence-corrected chi connectivity index (χ1v) is 5.60. The largest absolute Gasteiger partial charge is 0.306 e. The van der Waals surface area contributed by atoms with E-state index >= 15 is 0 Å². The number of rotatable bonds is 4. The Balaban J connectivity index is 2.72. The summed E-state index contributed by atoms with van der Waals surface area (Å²) in [5, 5.41) is 3.00. The van der Waals surface area contributed by atoms with Crippen molar-refractivity contribution in [1.82, 2.24) is 5.32 Å². The maximum Gasteiger partial charge on any atom is 0.163 e. The van der Waals surface area contributed by atoms with Crippen molar-refractivity contribution in [3.63, 3.8) is 0 Å². The van der Waals surface area contributed by atoms with E-state index in [1.54, 1.807) is 6.07 Å². The molecule has 1 nitrogen and oxygen atoms in total. The third-order valence-corrected chi connectivity index (χ3v) is 3.31. The predicted molar refractivity (Wildman–Crippen MR) is 62.6 cm³/mol. The molecule has 1 aromatic rings. The minimum absolute atomic E-state index is 0.107. The van der Waals surface area contributed by atoms with Crippen molar-refractivity contribution in [3.05, 3.63) is 35.4 Å². The van der Waals surface area contributed by atoms with E-state index in [0.29, 0.717) is 5.56 Å². The van der Waals surface area contributed by atoms with Crippen LogP contribution < -0.4 is 5.32 Å². The summed E-state index contributed by atoms with van der Waals surface area (Å²) in [6.07, 6.45) is 0. The van der Waals surface area contributed by atoms with Crippen molar-refractivity contribution in [2.75, 3.05) is 0 Å². The summed E-state index contributed by atoms with van der Waals surface area (Å²) in [4.78, 5) is 0. The van der Waals surface area contributed by atoms with E-state index in [-0.39, 0.29) is 17.5 Å². The van der Waals surface area contributed by atoms with Gasteiger partial charge in [0.2, 0.25) is 0 Å². The highest BCUT2D eigenvalue weighted by atomic mass is 35.5. The van der Waals surface area contributed by atoms with E-state index < -0.39 is 11.6 Å². The lowest BCUT2D eigenvalue weighted by molar-refractivity contribution is 0.374. The third-order valence-electron chi connectivity index (χ3n) is 2.76. The van der Waals surface area contributed by atoms with Crippen LogP contribution in [0.1, 0.15) is 26.3 Å². The maximum absolute atomic E-state index is 13.3. The molecule has 0 fully saturated rings. The fourth-order valence-corrected chi connectivity index (χ4v) is 1.23. The minimum atomic E-state index is -0.823. The third kappa shape index (κ3) is 3.16. The van der Waals surface area contributed by atoms with Gasteiger partial charge in [0.15, 0.2) is 11.6 Å². The van der Waals surface area contributed by atoms with Crippen LogP contribution in [-0.2, 0) is 6.54 Å². The van der Waals surface area contributed by atoms with E-state index in [4.69, 9.17) is 11.6 Å². The lowest BCUT2D eigenvalue weighted by Crippen LogP contribution is -2.45. The van der Waals surface area contributed by atoms with Crippen molar-refractivity contribution >= 4 is 11.6 Å². The quantitative estimate of drug-likeness (QED) is 0.804. The Bertz CT molecular complexity index is 364. The van der Waals surface area contributed by atoms with Gasteiger partial charge in [-0.15, -0.1) is 11.6 Å². The molecule has 0 amide bonds. The second kappa shape index (κ2) is 5.11. The van der Waals surface area contributed by atoms with E-state index in [2.05, 4.69) is 5.32 Å². The lowest BCUT2D eigenvalue weighted by Gasteiger charge is -2.29. The van der Waals surface area contributed by atoms with Crippen LogP contribution in [0.25, 0.3) is 0 Å². The molecule has 1 N–H and O–H groups in total. The number of nitrogens with one attached hydrogen (secondary N) is 1. The van der Waals surface area contributed by atoms with Crippen molar-refractivity contribution in [1.29, 1.82) is 0 Å². The summed E-state index contributed by atoms with van der Waals surface area (Å²) in [6, 6.07) is 4.15. The van der Waals surface area contributed by atoms with Crippen LogP contribution in [0.15, 0.2) is 18.2 Å². The average Bonchev–Trinajstić information content (AvgIpc) is 2.20. The van der Waals surface area contributed by atoms with E-state index in [0.717, 1.165) is 6.07 Å². The van der Waals surface area contributed by atoms with Crippen LogP contribution in [-0.4, -0.2) is 10.9 Å². The molecule has 1 rings (SSSR count). The molecular weight excluding hydrogens is 232 g/mol. The molecule has 0 aliphatic heterocycles. The van der Waals surface area contributed by atoms with Gasteiger partial charge in [-0.2, -0.15) is 0 Å². The van der Waals surface area contributed by atoms with Crippen molar-refractivity contribution in [3.8, 4) is 0 Å². The molecule has 1 atom stereocenters. The molecule has 0 bridgehead atoms. The van der Waals surface area contributed by atoms with Crippen LogP contribution in [0.3, 0.4) is 0 Å². The van der Waals surface area contributed by atoms with Crippen molar-refractivity contribution in [2.45, 2.75) is 38.2 Å². The highest BCUT2D eigenvalue weighted by Gasteiger charge is 2.23. The Morgan fingerprint density at radius 1 is 1.38 bits per heavy atom. The van der Waals surface area contributed by atoms with E-state index in [1.165, 1.54) is 6.07 Å². The van der Waals surface area contributed by atoms with Gasteiger partial charge in [-0.05, 0) is 26.8 Å². The standard InChI is InChI=1S/C12H16ClF2N/c1-8(13)12(2,3)16-7-9-5-4-6-10(14)11(9)15/h4-6,8,16H,7H2,1-3H3. The van der Waals surface area contributed by atoms with Crippen LogP contribution in [0, 0.1) is 11.6 Å². The molecule has 0 spiro atoms. The molecule has 0 saturated carbocycles. The molecule has 0 aromatic heterocycles. The molecule has 0 aliphatic carbocycles. The Morgan fingerprint density at radius 2 is 2.00 bits per heavy atom. The van der Waals surface area contributed by atoms with Crippen LogP contribution >= 0.6 is 11.6 Å². The second-order valence-corrected chi connectivity index (χ2v) is 5.06. The fourth-order valence-electron chi connectivity index (χ4n) is 1.15. The van der Waals surface area contributed by atoms with E-state index in [1.807, 2.05) is 20.8 Å².